The van der Waals surface area contributed by atoms with Crippen LogP contribution in [0.15, 0.2) is 11.4 Å². The third-order valence-corrected chi connectivity index (χ3v) is 3.40. The molecule has 16 heavy (non-hydrogen) atoms. The minimum absolute atomic E-state index is 0.238. The summed E-state index contributed by atoms with van der Waals surface area (Å²) in [7, 11) is 0. The van der Waals surface area contributed by atoms with Crippen molar-refractivity contribution in [1.29, 1.82) is 0 Å². The molecule has 0 aliphatic rings. The molecule has 4 nitrogen and oxygen atoms in total. The van der Waals surface area contributed by atoms with Crippen LogP contribution in [0.25, 0.3) is 0 Å². The molecule has 0 bridgehead atoms. The van der Waals surface area contributed by atoms with Crippen molar-refractivity contribution in [2.75, 3.05) is 13.2 Å². The van der Waals surface area contributed by atoms with Gasteiger partial charge in [-0.15, -0.1) is 11.3 Å². The fourth-order valence-electron chi connectivity index (χ4n) is 1.27. The Kier molecular flexibility index (Phi) is 4.46. The standard InChI is InChI=1S/C11H17NO3S/c1-3-8-4-5-16-9(8)10(15)12-11(2,6-13)7-14/h4-5,13-14H,3,6-7H2,1-2H3,(H,12,15). The quantitative estimate of drug-likeness (QED) is 0.716. The van der Waals surface area contributed by atoms with Gasteiger partial charge in [0.1, 0.15) is 0 Å². The second kappa shape index (κ2) is 5.43. The molecule has 1 amide bonds. The molecule has 0 aliphatic heterocycles. The van der Waals surface area contributed by atoms with Crippen LogP contribution < -0.4 is 5.32 Å². The predicted molar refractivity (Wildman–Crippen MR) is 63.7 cm³/mol. The van der Waals surface area contributed by atoms with Crippen molar-refractivity contribution in [3.05, 3.63) is 21.9 Å². The molecule has 3 N–H and O–H groups in total. The first-order valence-corrected chi connectivity index (χ1v) is 6.05. The van der Waals surface area contributed by atoms with Crippen LogP contribution in [0.3, 0.4) is 0 Å². The number of hydrogen-bond donors (Lipinski definition) is 3. The Morgan fingerprint density at radius 3 is 2.62 bits per heavy atom. The van der Waals surface area contributed by atoms with Crippen LogP contribution >= 0.6 is 11.3 Å². The van der Waals surface area contributed by atoms with Crippen LogP contribution in [0.4, 0.5) is 0 Å². The van der Waals surface area contributed by atoms with E-state index in [1.54, 1.807) is 6.92 Å². The number of rotatable bonds is 5. The molecule has 90 valence electrons. The van der Waals surface area contributed by atoms with E-state index >= 15 is 0 Å². The van der Waals surface area contributed by atoms with Crippen LogP contribution in [0.5, 0.6) is 0 Å². The monoisotopic (exact) mass is 243 g/mol. The Balaban J connectivity index is 2.80. The summed E-state index contributed by atoms with van der Waals surface area (Å²) in [6, 6.07) is 1.91. The number of hydrogen-bond acceptors (Lipinski definition) is 4. The van der Waals surface area contributed by atoms with Gasteiger partial charge in [0.05, 0.1) is 23.6 Å². The number of aliphatic hydroxyl groups excluding tert-OH is 2. The van der Waals surface area contributed by atoms with Gasteiger partial charge in [0.2, 0.25) is 0 Å². The van der Waals surface area contributed by atoms with Crippen LogP contribution in [0.2, 0.25) is 0 Å². The number of amides is 1. The summed E-state index contributed by atoms with van der Waals surface area (Å²) >= 11 is 1.37. The van der Waals surface area contributed by atoms with Gasteiger partial charge in [0.15, 0.2) is 0 Å². The summed E-state index contributed by atoms with van der Waals surface area (Å²) in [6.07, 6.45) is 0.793. The van der Waals surface area contributed by atoms with Crippen molar-refractivity contribution < 1.29 is 15.0 Å². The third kappa shape index (κ3) is 2.81. The number of aryl methyl sites for hydroxylation is 1. The summed E-state index contributed by atoms with van der Waals surface area (Å²) in [4.78, 5) is 12.5. The lowest BCUT2D eigenvalue weighted by atomic mass is 10.1. The lowest BCUT2D eigenvalue weighted by Gasteiger charge is -2.26. The van der Waals surface area contributed by atoms with Crippen LogP contribution in [-0.4, -0.2) is 34.9 Å². The maximum atomic E-state index is 11.9. The van der Waals surface area contributed by atoms with E-state index in [0.717, 1.165) is 12.0 Å². The zero-order chi connectivity index (χ0) is 12.2. The largest absolute Gasteiger partial charge is 0.394 e. The minimum atomic E-state index is -0.966. The van der Waals surface area contributed by atoms with E-state index in [0.29, 0.717) is 4.88 Å². The fraction of sp³-hybridized carbons (Fsp3) is 0.545. The van der Waals surface area contributed by atoms with Crippen molar-refractivity contribution >= 4 is 17.2 Å². The van der Waals surface area contributed by atoms with E-state index in [2.05, 4.69) is 5.32 Å². The Morgan fingerprint density at radius 2 is 2.12 bits per heavy atom. The molecule has 0 saturated heterocycles. The number of aliphatic hydroxyl groups is 2. The van der Waals surface area contributed by atoms with Gasteiger partial charge in [0.25, 0.3) is 5.91 Å². The van der Waals surface area contributed by atoms with Crippen LogP contribution in [0.1, 0.15) is 29.1 Å². The molecule has 0 atom stereocenters. The van der Waals surface area contributed by atoms with E-state index in [1.165, 1.54) is 11.3 Å². The summed E-state index contributed by atoms with van der Waals surface area (Å²) in [5, 5.41) is 22.7. The Morgan fingerprint density at radius 1 is 1.50 bits per heavy atom. The molecular formula is C11H17NO3S. The van der Waals surface area contributed by atoms with E-state index in [9.17, 15) is 4.79 Å². The second-order valence-corrected chi connectivity index (χ2v) is 4.88. The molecule has 0 fully saturated rings. The van der Waals surface area contributed by atoms with E-state index < -0.39 is 5.54 Å². The average Bonchev–Trinajstić information content (AvgIpc) is 2.76. The molecule has 5 heteroatoms. The predicted octanol–water partition coefficient (Wildman–Crippen LogP) is 0.784. The Hall–Kier alpha value is -0.910. The van der Waals surface area contributed by atoms with Crippen LogP contribution in [-0.2, 0) is 6.42 Å². The van der Waals surface area contributed by atoms with Gasteiger partial charge in [-0.05, 0) is 30.4 Å². The minimum Gasteiger partial charge on any atom is -0.394 e. The van der Waals surface area contributed by atoms with Crippen LogP contribution in [0, 0.1) is 0 Å². The van der Waals surface area contributed by atoms with Gasteiger partial charge >= 0.3 is 0 Å². The zero-order valence-electron chi connectivity index (χ0n) is 9.49. The van der Waals surface area contributed by atoms with Gasteiger partial charge < -0.3 is 15.5 Å². The van der Waals surface area contributed by atoms with E-state index in [4.69, 9.17) is 10.2 Å². The first-order valence-electron chi connectivity index (χ1n) is 5.17. The number of thiophene rings is 1. The summed E-state index contributed by atoms with van der Waals surface area (Å²) in [5.41, 5.74) is 0.0206. The van der Waals surface area contributed by atoms with Gasteiger partial charge in [-0.2, -0.15) is 0 Å². The molecule has 0 radical (unpaired) electrons. The van der Waals surface area contributed by atoms with Gasteiger partial charge in [-0.25, -0.2) is 0 Å². The summed E-state index contributed by atoms with van der Waals surface area (Å²) < 4.78 is 0. The highest BCUT2D eigenvalue weighted by Gasteiger charge is 2.26. The average molecular weight is 243 g/mol. The number of nitrogens with one attached hydrogen (secondary N) is 1. The molecular weight excluding hydrogens is 226 g/mol. The van der Waals surface area contributed by atoms with Gasteiger partial charge in [0, 0.05) is 0 Å². The first-order chi connectivity index (χ1) is 7.56. The van der Waals surface area contributed by atoms with Crippen molar-refractivity contribution in [3.63, 3.8) is 0 Å². The normalized spacial score (nSPS) is 11.5. The highest BCUT2D eigenvalue weighted by molar-refractivity contribution is 7.12. The summed E-state index contributed by atoms with van der Waals surface area (Å²) in [6.45, 7) is 3.00. The number of carbonyl (C=O) groups excluding carboxylic acids is 1. The Bertz CT molecular complexity index is 358. The van der Waals surface area contributed by atoms with Crippen molar-refractivity contribution in [2.45, 2.75) is 25.8 Å². The van der Waals surface area contributed by atoms with Crippen molar-refractivity contribution in [2.24, 2.45) is 0 Å². The maximum absolute atomic E-state index is 11.9. The molecule has 1 aromatic heterocycles. The molecule has 0 unspecified atom stereocenters. The summed E-state index contributed by atoms with van der Waals surface area (Å²) in [5.74, 6) is -0.238. The number of carbonyl (C=O) groups is 1. The molecule has 1 aromatic rings. The van der Waals surface area contributed by atoms with Gasteiger partial charge in [-0.3, -0.25) is 4.79 Å². The highest BCUT2D eigenvalue weighted by Crippen LogP contribution is 2.18. The molecule has 1 heterocycles. The zero-order valence-corrected chi connectivity index (χ0v) is 10.3. The van der Waals surface area contributed by atoms with E-state index in [-0.39, 0.29) is 19.1 Å². The van der Waals surface area contributed by atoms with E-state index in [1.807, 2.05) is 18.4 Å². The SMILES string of the molecule is CCc1ccsc1C(=O)NC(C)(CO)CO. The highest BCUT2D eigenvalue weighted by atomic mass is 32.1. The molecule has 0 saturated carbocycles. The molecule has 0 aromatic carbocycles. The topological polar surface area (TPSA) is 69.6 Å². The molecule has 0 aliphatic carbocycles. The Labute approximate surface area is 98.9 Å². The maximum Gasteiger partial charge on any atom is 0.262 e. The lowest BCUT2D eigenvalue weighted by Crippen LogP contribution is -2.51. The lowest BCUT2D eigenvalue weighted by molar-refractivity contribution is 0.0726. The third-order valence-electron chi connectivity index (χ3n) is 2.45. The van der Waals surface area contributed by atoms with Gasteiger partial charge in [-0.1, -0.05) is 6.92 Å². The fourth-order valence-corrected chi connectivity index (χ4v) is 2.16. The molecule has 1 rings (SSSR count). The smallest absolute Gasteiger partial charge is 0.262 e. The van der Waals surface area contributed by atoms with Crippen molar-refractivity contribution in [1.82, 2.24) is 5.32 Å². The second-order valence-electron chi connectivity index (χ2n) is 3.96. The first kappa shape index (κ1) is 13.2. The molecule has 0 spiro atoms. The van der Waals surface area contributed by atoms with Crippen molar-refractivity contribution in [3.8, 4) is 0 Å².